The third-order valence-corrected chi connectivity index (χ3v) is 10.8. The van der Waals surface area contributed by atoms with Crippen LogP contribution in [-0.4, -0.2) is 56.8 Å². The highest BCUT2D eigenvalue weighted by molar-refractivity contribution is 9.10. The van der Waals surface area contributed by atoms with E-state index in [9.17, 15) is 14.7 Å². The Bertz CT molecular complexity index is 1300. The summed E-state index contributed by atoms with van der Waals surface area (Å²) < 4.78 is 20.8. The van der Waals surface area contributed by atoms with E-state index in [1.54, 1.807) is 10.9 Å². The topological polar surface area (TPSA) is 99.9 Å². The lowest BCUT2D eigenvalue weighted by atomic mass is 9.59. The van der Waals surface area contributed by atoms with Gasteiger partial charge < -0.3 is 19.3 Å². The zero-order chi connectivity index (χ0) is 27.6. The standard InChI is InChI=1S/C29H37BrN2O6/c1-8-32-21(19(30)12-31-32)25(34)37-23-14(2)11-28-15(3)9-18-20(26(18,4)5)17(22(28)33)10-16-13-36-27(6,7)38-24(16)29(23,28)35/h10-12,15,17-18,20,23-24,35H,8-9,13H2,1-7H3/t15?,17-,18+,20-,23-,24+,28?,29+/m0/s1. The Morgan fingerprint density at radius 2 is 2.03 bits per heavy atom. The van der Waals surface area contributed by atoms with E-state index in [1.165, 1.54) is 0 Å². The van der Waals surface area contributed by atoms with Gasteiger partial charge in [-0.05, 0) is 84.4 Å². The molecule has 2 heterocycles. The third kappa shape index (κ3) is 3.22. The molecule has 6 rings (SSSR count). The van der Waals surface area contributed by atoms with Gasteiger partial charge in [-0.2, -0.15) is 5.10 Å². The van der Waals surface area contributed by atoms with Crippen molar-refractivity contribution in [1.82, 2.24) is 9.78 Å². The summed E-state index contributed by atoms with van der Waals surface area (Å²) >= 11 is 3.42. The molecule has 5 aliphatic rings. The van der Waals surface area contributed by atoms with Gasteiger partial charge in [-0.25, -0.2) is 4.79 Å². The smallest absolute Gasteiger partial charge is 0.358 e. The number of aliphatic hydroxyl groups is 1. The molecule has 38 heavy (non-hydrogen) atoms. The average molecular weight is 590 g/mol. The lowest BCUT2D eigenvalue weighted by Gasteiger charge is -2.52. The first-order valence-electron chi connectivity index (χ1n) is 13.6. The number of carbonyl (C=O) groups excluding carboxylic acids is 2. The molecule has 0 radical (unpaired) electrons. The number of aromatic nitrogens is 2. The molecule has 2 saturated carbocycles. The molecule has 1 aromatic rings. The van der Waals surface area contributed by atoms with Crippen LogP contribution in [0.1, 0.15) is 65.4 Å². The van der Waals surface area contributed by atoms with Gasteiger partial charge >= 0.3 is 5.97 Å². The number of nitrogens with zero attached hydrogens (tertiary/aromatic N) is 2. The van der Waals surface area contributed by atoms with Crippen molar-refractivity contribution in [2.45, 2.75) is 85.0 Å². The van der Waals surface area contributed by atoms with Crippen LogP contribution in [0.25, 0.3) is 0 Å². The number of rotatable bonds is 3. The summed E-state index contributed by atoms with van der Waals surface area (Å²) in [5.74, 6) is -1.61. The van der Waals surface area contributed by atoms with Crippen LogP contribution in [0, 0.1) is 34.5 Å². The van der Waals surface area contributed by atoms with Crippen molar-refractivity contribution in [2.75, 3.05) is 6.61 Å². The molecule has 1 N–H and O–H groups in total. The van der Waals surface area contributed by atoms with Gasteiger partial charge in [0.2, 0.25) is 0 Å². The van der Waals surface area contributed by atoms with Crippen molar-refractivity contribution in [3.8, 4) is 0 Å². The molecule has 2 unspecified atom stereocenters. The Morgan fingerprint density at radius 3 is 2.71 bits per heavy atom. The van der Waals surface area contributed by atoms with E-state index in [0.29, 0.717) is 22.5 Å². The van der Waals surface area contributed by atoms with Crippen LogP contribution in [0.5, 0.6) is 0 Å². The van der Waals surface area contributed by atoms with Crippen LogP contribution < -0.4 is 0 Å². The highest BCUT2D eigenvalue weighted by Gasteiger charge is 2.77. The summed E-state index contributed by atoms with van der Waals surface area (Å²) in [6.45, 7) is 14.6. The number of ketones is 1. The molecule has 4 aliphatic carbocycles. The van der Waals surface area contributed by atoms with E-state index in [4.69, 9.17) is 14.2 Å². The number of hydrogen-bond acceptors (Lipinski definition) is 7. The number of esters is 1. The first-order valence-corrected chi connectivity index (χ1v) is 14.4. The second-order valence-electron chi connectivity index (χ2n) is 12.9. The zero-order valence-electron chi connectivity index (χ0n) is 23.1. The minimum Gasteiger partial charge on any atom is -0.450 e. The lowest BCUT2D eigenvalue weighted by molar-refractivity contribution is -0.302. The van der Waals surface area contributed by atoms with Gasteiger partial charge in [0.1, 0.15) is 6.10 Å². The normalized spacial score (nSPS) is 42.1. The SMILES string of the molecule is CCn1ncc(Br)c1C(=O)O[C@H]1C(C)=CC23C(=O)[C@@H](C=C4COC(C)(C)O[C@H]4[C@]12O)[C@H]1[C@@H](CC3C)C1(C)C. The second kappa shape index (κ2) is 8.12. The van der Waals surface area contributed by atoms with Crippen LogP contribution in [0.4, 0.5) is 0 Å². The summed E-state index contributed by atoms with van der Waals surface area (Å²) in [5.41, 5.74) is -1.41. The van der Waals surface area contributed by atoms with Crippen LogP contribution in [0.15, 0.2) is 34.0 Å². The van der Waals surface area contributed by atoms with Crippen LogP contribution in [0.2, 0.25) is 0 Å². The molecule has 1 aliphatic heterocycles. The Balaban J connectivity index is 1.52. The van der Waals surface area contributed by atoms with Gasteiger partial charge in [0.05, 0.1) is 22.7 Å². The second-order valence-corrected chi connectivity index (χ2v) is 13.8. The molecule has 0 aromatic carbocycles. The molecule has 1 saturated heterocycles. The monoisotopic (exact) mass is 588 g/mol. The molecular weight excluding hydrogens is 552 g/mol. The maximum Gasteiger partial charge on any atom is 0.358 e. The van der Waals surface area contributed by atoms with E-state index in [1.807, 2.05) is 39.8 Å². The Labute approximate surface area is 231 Å². The van der Waals surface area contributed by atoms with Gasteiger partial charge in [0.25, 0.3) is 0 Å². The highest BCUT2D eigenvalue weighted by atomic mass is 79.9. The largest absolute Gasteiger partial charge is 0.450 e. The van der Waals surface area contributed by atoms with E-state index in [-0.39, 0.29) is 41.3 Å². The number of Topliss-reactive ketones (excluding diaryl/α,β-unsaturated/α-hetero) is 1. The number of ether oxygens (including phenoxy) is 3. The summed E-state index contributed by atoms with van der Waals surface area (Å²) in [5, 5.41) is 17.3. The number of carbonyl (C=O) groups is 2. The molecule has 1 spiro atoms. The highest BCUT2D eigenvalue weighted by Crippen LogP contribution is 2.72. The number of hydrogen-bond donors (Lipinski definition) is 1. The zero-order valence-corrected chi connectivity index (χ0v) is 24.7. The Hall–Kier alpha value is -1.81. The van der Waals surface area contributed by atoms with E-state index in [0.717, 1.165) is 12.0 Å². The van der Waals surface area contributed by atoms with Crippen molar-refractivity contribution in [3.05, 3.63) is 39.7 Å². The van der Waals surface area contributed by atoms with Crippen molar-refractivity contribution in [2.24, 2.45) is 34.5 Å². The first-order chi connectivity index (χ1) is 17.7. The third-order valence-electron chi connectivity index (χ3n) is 10.2. The summed E-state index contributed by atoms with van der Waals surface area (Å²) in [6.07, 6.45) is 4.30. The maximum atomic E-state index is 14.7. The Kier molecular flexibility index (Phi) is 5.64. The predicted octanol–water partition coefficient (Wildman–Crippen LogP) is 4.46. The molecular formula is C29H37BrN2O6. The quantitative estimate of drug-likeness (QED) is 0.411. The van der Waals surface area contributed by atoms with Crippen LogP contribution >= 0.6 is 15.9 Å². The van der Waals surface area contributed by atoms with E-state index >= 15 is 0 Å². The number of aryl methyl sites for hydroxylation is 1. The Morgan fingerprint density at radius 1 is 1.32 bits per heavy atom. The maximum absolute atomic E-state index is 14.7. The minimum atomic E-state index is -1.84. The van der Waals surface area contributed by atoms with Crippen molar-refractivity contribution >= 4 is 27.7 Å². The first kappa shape index (κ1) is 26.4. The predicted molar refractivity (Wildman–Crippen MR) is 142 cm³/mol. The van der Waals surface area contributed by atoms with E-state index < -0.39 is 35.0 Å². The van der Waals surface area contributed by atoms with E-state index in [2.05, 4.69) is 41.8 Å². The van der Waals surface area contributed by atoms with Gasteiger partial charge in [0.15, 0.2) is 29.0 Å². The van der Waals surface area contributed by atoms with Gasteiger partial charge in [0, 0.05) is 12.5 Å². The number of allylic oxidation sites excluding steroid dienone is 1. The molecule has 3 fully saturated rings. The number of fused-ring (bicyclic) bond motifs is 5. The van der Waals surface area contributed by atoms with Crippen LogP contribution in [0.3, 0.4) is 0 Å². The molecule has 1 aromatic heterocycles. The molecule has 2 bridgehead atoms. The average Bonchev–Trinajstić information content (AvgIpc) is 3.11. The fraction of sp³-hybridized carbons (Fsp3) is 0.690. The van der Waals surface area contributed by atoms with Crippen molar-refractivity contribution in [1.29, 1.82) is 0 Å². The fourth-order valence-electron chi connectivity index (χ4n) is 8.27. The van der Waals surface area contributed by atoms with Gasteiger partial charge in [-0.3, -0.25) is 9.48 Å². The number of halogens is 1. The fourth-order valence-corrected chi connectivity index (χ4v) is 8.73. The molecule has 8 atom stereocenters. The summed E-state index contributed by atoms with van der Waals surface area (Å²) in [6, 6.07) is 0. The van der Waals surface area contributed by atoms with Gasteiger partial charge in [-0.1, -0.05) is 32.9 Å². The van der Waals surface area contributed by atoms with Gasteiger partial charge in [-0.15, -0.1) is 0 Å². The minimum absolute atomic E-state index is 0.00781. The van der Waals surface area contributed by atoms with Crippen LogP contribution in [-0.2, 0) is 25.5 Å². The van der Waals surface area contributed by atoms with Crippen molar-refractivity contribution < 1.29 is 28.9 Å². The lowest BCUT2D eigenvalue weighted by Crippen LogP contribution is -2.68. The molecule has 0 amide bonds. The molecule has 206 valence electrons. The molecule has 9 heteroatoms. The summed E-state index contributed by atoms with van der Waals surface area (Å²) in [4.78, 5) is 28.4. The van der Waals surface area contributed by atoms with Crippen molar-refractivity contribution in [3.63, 3.8) is 0 Å². The summed E-state index contributed by atoms with van der Waals surface area (Å²) in [7, 11) is 0. The molecule has 8 nitrogen and oxygen atoms in total.